The third-order valence-electron chi connectivity index (χ3n) is 3.24. The average Bonchev–Trinajstić information content (AvgIpc) is 2.49. The quantitative estimate of drug-likeness (QED) is 0.669. The summed E-state index contributed by atoms with van der Waals surface area (Å²) in [6.07, 6.45) is 2.25. The molecule has 0 heterocycles. The second kappa shape index (κ2) is 9.61. The molecule has 1 rings (SSSR count). The van der Waals surface area contributed by atoms with E-state index in [0.717, 1.165) is 36.5 Å². The topological polar surface area (TPSA) is 39.7 Å². The number of ether oxygens (including phenoxy) is 3. The fourth-order valence-corrected chi connectivity index (χ4v) is 1.96. The second-order valence-corrected chi connectivity index (χ2v) is 4.70. The van der Waals surface area contributed by atoms with Crippen molar-refractivity contribution in [3.8, 4) is 11.5 Å². The van der Waals surface area contributed by atoms with Crippen LogP contribution in [-0.4, -0.2) is 34.0 Å². The lowest BCUT2D eigenvalue weighted by Gasteiger charge is -2.19. The van der Waals surface area contributed by atoms with Gasteiger partial charge in [-0.05, 0) is 32.5 Å². The molecule has 4 nitrogen and oxygen atoms in total. The summed E-state index contributed by atoms with van der Waals surface area (Å²) in [6.45, 7) is 6.21. The lowest BCUT2D eigenvalue weighted by molar-refractivity contribution is 0.0974. The predicted molar refractivity (Wildman–Crippen MR) is 81.7 cm³/mol. The van der Waals surface area contributed by atoms with Gasteiger partial charge in [0.15, 0.2) is 0 Å². The summed E-state index contributed by atoms with van der Waals surface area (Å²) >= 11 is 0. The molecule has 0 spiro atoms. The molecule has 1 aromatic rings. The summed E-state index contributed by atoms with van der Waals surface area (Å²) in [4.78, 5) is 0. The van der Waals surface area contributed by atoms with Crippen molar-refractivity contribution in [2.45, 2.75) is 32.7 Å². The average molecular weight is 281 g/mol. The molecule has 1 aromatic carbocycles. The molecule has 1 N–H and O–H groups in total. The van der Waals surface area contributed by atoms with Crippen LogP contribution in [0.4, 0.5) is 0 Å². The molecule has 0 fully saturated rings. The van der Waals surface area contributed by atoms with Crippen LogP contribution in [0.5, 0.6) is 11.5 Å². The highest BCUT2D eigenvalue weighted by Crippen LogP contribution is 2.33. The Morgan fingerprint density at radius 1 is 1.15 bits per heavy atom. The summed E-state index contributed by atoms with van der Waals surface area (Å²) in [5.41, 5.74) is 1.05. The van der Waals surface area contributed by atoms with Gasteiger partial charge in [0.25, 0.3) is 0 Å². The molecule has 114 valence electrons. The molecule has 0 amide bonds. The molecule has 0 aliphatic rings. The maximum Gasteiger partial charge on any atom is 0.127 e. The zero-order chi connectivity index (χ0) is 14.8. The van der Waals surface area contributed by atoms with Crippen LogP contribution in [0, 0.1) is 0 Å². The summed E-state index contributed by atoms with van der Waals surface area (Å²) < 4.78 is 16.8. The highest BCUT2D eigenvalue weighted by Gasteiger charge is 2.15. The lowest BCUT2D eigenvalue weighted by Crippen LogP contribution is -2.16. The van der Waals surface area contributed by atoms with Crippen LogP contribution in [0.1, 0.15) is 38.3 Å². The van der Waals surface area contributed by atoms with Gasteiger partial charge in [0, 0.05) is 12.6 Å². The van der Waals surface area contributed by atoms with Crippen LogP contribution in [0.25, 0.3) is 0 Å². The van der Waals surface area contributed by atoms with E-state index < -0.39 is 0 Å². The standard InChI is InChI=1S/C16H27NO3/c1-5-6-10-19-11-12-20-15-9-7-8-14(18-4)16(15)13(2)17-3/h7-9,13,17H,5-6,10-12H2,1-4H3. The van der Waals surface area contributed by atoms with Crippen LogP contribution < -0.4 is 14.8 Å². The molecule has 0 aromatic heterocycles. The third kappa shape index (κ3) is 5.02. The fraction of sp³-hybridized carbons (Fsp3) is 0.625. The Labute approximate surface area is 122 Å². The molecule has 0 saturated heterocycles. The van der Waals surface area contributed by atoms with Gasteiger partial charge in [-0.1, -0.05) is 19.4 Å². The van der Waals surface area contributed by atoms with E-state index in [1.165, 1.54) is 0 Å². The van der Waals surface area contributed by atoms with Gasteiger partial charge < -0.3 is 19.5 Å². The smallest absolute Gasteiger partial charge is 0.127 e. The Morgan fingerprint density at radius 3 is 2.55 bits per heavy atom. The maximum absolute atomic E-state index is 5.84. The first-order chi connectivity index (χ1) is 9.74. The van der Waals surface area contributed by atoms with E-state index in [9.17, 15) is 0 Å². The number of benzene rings is 1. The summed E-state index contributed by atoms with van der Waals surface area (Å²) in [6, 6.07) is 6.03. The Hall–Kier alpha value is -1.26. The second-order valence-electron chi connectivity index (χ2n) is 4.70. The van der Waals surface area contributed by atoms with Crippen LogP contribution in [0.15, 0.2) is 18.2 Å². The Bertz CT molecular complexity index is 382. The van der Waals surface area contributed by atoms with Crippen LogP contribution >= 0.6 is 0 Å². The molecule has 0 bridgehead atoms. The van der Waals surface area contributed by atoms with Crippen molar-refractivity contribution >= 4 is 0 Å². The van der Waals surface area contributed by atoms with E-state index in [0.29, 0.717) is 13.2 Å². The molecule has 4 heteroatoms. The molecule has 1 unspecified atom stereocenters. The Morgan fingerprint density at radius 2 is 1.90 bits per heavy atom. The molecule has 20 heavy (non-hydrogen) atoms. The highest BCUT2D eigenvalue weighted by molar-refractivity contribution is 5.46. The minimum absolute atomic E-state index is 0.169. The first-order valence-electron chi connectivity index (χ1n) is 7.29. The van der Waals surface area contributed by atoms with Gasteiger partial charge in [0.2, 0.25) is 0 Å². The van der Waals surface area contributed by atoms with Crippen molar-refractivity contribution in [1.82, 2.24) is 5.32 Å². The zero-order valence-corrected chi connectivity index (χ0v) is 13.1. The summed E-state index contributed by atoms with van der Waals surface area (Å²) in [7, 11) is 3.60. The van der Waals surface area contributed by atoms with Crippen LogP contribution in [-0.2, 0) is 4.74 Å². The first-order valence-corrected chi connectivity index (χ1v) is 7.29. The monoisotopic (exact) mass is 281 g/mol. The predicted octanol–water partition coefficient (Wildman–Crippen LogP) is 3.17. The van der Waals surface area contributed by atoms with Gasteiger partial charge in [-0.25, -0.2) is 0 Å². The number of methoxy groups -OCH3 is 1. The maximum atomic E-state index is 5.84. The molecular formula is C16H27NO3. The minimum atomic E-state index is 0.169. The molecular weight excluding hydrogens is 254 g/mol. The van der Waals surface area contributed by atoms with Crippen molar-refractivity contribution in [2.75, 3.05) is 34.0 Å². The van der Waals surface area contributed by atoms with Crippen molar-refractivity contribution < 1.29 is 14.2 Å². The SMILES string of the molecule is CCCCOCCOc1cccc(OC)c1C(C)NC. The molecule has 0 saturated carbocycles. The number of rotatable bonds is 10. The molecule has 0 aliphatic heterocycles. The zero-order valence-electron chi connectivity index (χ0n) is 13.1. The van der Waals surface area contributed by atoms with E-state index in [1.807, 2.05) is 25.2 Å². The Balaban J connectivity index is 2.60. The van der Waals surface area contributed by atoms with E-state index >= 15 is 0 Å². The molecule has 0 aliphatic carbocycles. The third-order valence-corrected chi connectivity index (χ3v) is 3.24. The van der Waals surface area contributed by atoms with Crippen molar-refractivity contribution in [1.29, 1.82) is 0 Å². The van der Waals surface area contributed by atoms with Gasteiger partial charge in [0.05, 0.1) is 19.3 Å². The van der Waals surface area contributed by atoms with Crippen molar-refractivity contribution in [3.63, 3.8) is 0 Å². The van der Waals surface area contributed by atoms with Gasteiger partial charge in [-0.3, -0.25) is 0 Å². The summed E-state index contributed by atoms with van der Waals surface area (Å²) in [5.74, 6) is 1.70. The number of nitrogens with one attached hydrogen (secondary N) is 1. The number of unbranched alkanes of at least 4 members (excludes halogenated alkanes) is 1. The fourth-order valence-electron chi connectivity index (χ4n) is 1.96. The van der Waals surface area contributed by atoms with Gasteiger partial charge in [-0.15, -0.1) is 0 Å². The van der Waals surface area contributed by atoms with Crippen LogP contribution in [0.2, 0.25) is 0 Å². The van der Waals surface area contributed by atoms with Crippen LogP contribution in [0.3, 0.4) is 0 Å². The molecule has 0 radical (unpaired) electrons. The number of hydrogen-bond donors (Lipinski definition) is 1. The van der Waals surface area contributed by atoms with Gasteiger partial charge >= 0.3 is 0 Å². The first kappa shape index (κ1) is 16.8. The van der Waals surface area contributed by atoms with E-state index in [-0.39, 0.29) is 6.04 Å². The summed E-state index contributed by atoms with van der Waals surface area (Å²) in [5, 5.41) is 3.22. The van der Waals surface area contributed by atoms with E-state index in [1.54, 1.807) is 7.11 Å². The highest BCUT2D eigenvalue weighted by atomic mass is 16.5. The minimum Gasteiger partial charge on any atom is -0.496 e. The lowest BCUT2D eigenvalue weighted by atomic mass is 10.1. The van der Waals surface area contributed by atoms with E-state index in [2.05, 4.69) is 19.2 Å². The van der Waals surface area contributed by atoms with Gasteiger partial charge in [-0.2, -0.15) is 0 Å². The van der Waals surface area contributed by atoms with Crippen molar-refractivity contribution in [2.24, 2.45) is 0 Å². The molecule has 1 atom stereocenters. The Kier molecular flexibility index (Phi) is 8.07. The number of hydrogen-bond acceptors (Lipinski definition) is 4. The van der Waals surface area contributed by atoms with Gasteiger partial charge in [0.1, 0.15) is 18.1 Å². The normalized spacial score (nSPS) is 12.2. The largest absolute Gasteiger partial charge is 0.496 e. The van der Waals surface area contributed by atoms with E-state index in [4.69, 9.17) is 14.2 Å². The van der Waals surface area contributed by atoms with Crippen molar-refractivity contribution in [3.05, 3.63) is 23.8 Å².